The van der Waals surface area contributed by atoms with Crippen LogP contribution >= 0.6 is 0 Å². The maximum atomic E-state index is 13.1. The van der Waals surface area contributed by atoms with E-state index in [1.165, 1.54) is 0 Å². The van der Waals surface area contributed by atoms with Crippen molar-refractivity contribution >= 4 is 0 Å². The van der Waals surface area contributed by atoms with Gasteiger partial charge in [-0.1, -0.05) is 0 Å². The first-order valence-electron chi connectivity index (χ1n) is 5.26. The van der Waals surface area contributed by atoms with Crippen molar-refractivity contribution in [1.29, 1.82) is 0 Å². The summed E-state index contributed by atoms with van der Waals surface area (Å²) in [7, 11) is 0. The quantitative estimate of drug-likeness (QED) is 0.766. The van der Waals surface area contributed by atoms with Gasteiger partial charge < -0.3 is 10.3 Å². The van der Waals surface area contributed by atoms with Gasteiger partial charge in [0.2, 0.25) is 0 Å². The van der Waals surface area contributed by atoms with Crippen molar-refractivity contribution in [3.8, 4) is 0 Å². The number of aryl methyl sites for hydroxylation is 2. The van der Waals surface area contributed by atoms with E-state index in [2.05, 4.69) is 4.98 Å². The number of hydrogen-bond donors (Lipinski definition) is 1. The Morgan fingerprint density at radius 3 is 2.73 bits per heavy atom. The molecule has 2 heterocycles. The molecule has 0 bridgehead atoms. The SMILES string of the molecule is NC1(c2cn3c(n2)CCCC3)CC1(F)F. The molecule has 15 heavy (non-hydrogen) atoms. The zero-order valence-corrected chi connectivity index (χ0v) is 8.34. The molecule has 3 nitrogen and oxygen atoms in total. The van der Waals surface area contributed by atoms with E-state index in [1.807, 2.05) is 4.57 Å². The highest BCUT2D eigenvalue weighted by molar-refractivity contribution is 5.30. The third kappa shape index (κ3) is 1.16. The lowest BCUT2D eigenvalue weighted by molar-refractivity contribution is 0.0882. The monoisotopic (exact) mass is 213 g/mol. The summed E-state index contributed by atoms with van der Waals surface area (Å²) in [6.07, 6.45) is 4.49. The number of aromatic nitrogens is 2. The van der Waals surface area contributed by atoms with E-state index >= 15 is 0 Å². The van der Waals surface area contributed by atoms with Gasteiger partial charge in [-0.3, -0.25) is 0 Å². The standard InChI is InChI=1S/C10H13F2N3/c11-10(12)6-9(10,13)7-5-15-4-2-1-3-8(15)14-7/h5H,1-4,6,13H2. The molecule has 1 fully saturated rings. The van der Waals surface area contributed by atoms with E-state index in [0.717, 1.165) is 31.6 Å². The number of alkyl halides is 2. The van der Waals surface area contributed by atoms with Gasteiger partial charge in [-0.05, 0) is 12.8 Å². The van der Waals surface area contributed by atoms with Crippen molar-refractivity contribution in [1.82, 2.24) is 9.55 Å². The van der Waals surface area contributed by atoms with Gasteiger partial charge in [-0.2, -0.15) is 0 Å². The highest BCUT2D eigenvalue weighted by Crippen LogP contribution is 2.57. The zero-order valence-electron chi connectivity index (χ0n) is 8.34. The van der Waals surface area contributed by atoms with Gasteiger partial charge in [0.15, 0.2) is 0 Å². The minimum Gasteiger partial charge on any atom is -0.335 e. The molecule has 5 heteroatoms. The third-order valence-electron chi connectivity index (χ3n) is 3.39. The predicted molar refractivity (Wildman–Crippen MR) is 50.6 cm³/mol. The second-order valence-electron chi connectivity index (χ2n) is 4.55. The lowest BCUT2D eigenvalue weighted by Gasteiger charge is -2.11. The fourth-order valence-electron chi connectivity index (χ4n) is 2.21. The molecule has 82 valence electrons. The fourth-order valence-corrected chi connectivity index (χ4v) is 2.21. The summed E-state index contributed by atoms with van der Waals surface area (Å²) in [5, 5.41) is 0. The smallest absolute Gasteiger partial charge is 0.274 e. The van der Waals surface area contributed by atoms with Gasteiger partial charge in [0.1, 0.15) is 11.4 Å². The van der Waals surface area contributed by atoms with Gasteiger partial charge in [0, 0.05) is 25.6 Å². The average molecular weight is 213 g/mol. The highest BCUT2D eigenvalue weighted by Gasteiger charge is 2.71. The summed E-state index contributed by atoms with van der Waals surface area (Å²) in [6, 6.07) is 0. The number of nitrogens with two attached hydrogens (primary N) is 1. The Morgan fingerprint density at radius 1 is 1.40 bits per heavy atom. The van der Waals surface area contributed by atoms with Crippen molar-refractivity contribution in [2.24, 2.45) is 5.73 Å². The van der Waals surface area contributed by atoms with Gasteiger partial charge in [0.25, 0.3) is 5.92 Å². The lowest BCUT2D eigenvalue weighted by atomic mass is 10.2. The number of nitrogens with zero attached hydrogens (tertiary/aromatic N) is 2. The normalized spacial score (nSPS) is 32.5. The van der Waals surface area contributed by atoms with Crippen LogP contribution in [-0.2, 0) is 18.5 Å². The van der Waals surface area contributed by atoms with Gasteiger partial charge in [-0.15, -0.1) is 0 Å². The van der Waals surface area contributed by atoms with Crippen LogP contribution in [0.25, 0.3) is 0 Å². The lowest BCUT2D eigenvalue weighted by Crippen LogP contribution is -2.27. The van der Waals surface area contributed by atoms with E-state index in [1.54, 1.807) is 6.20 Å². The number of imidazole rings is 1. The molecule has 0 aromatic carbocycles. The van der Waals surface area contributed by atoms with Gasteiger partial charge in [0.05, 0.1) is 5.69 Å². The minimum absolute atomic E-state index is 0.267. The summed E-state index contributed by atoms with van der Waals surface area (Å²) < 4.78 is 28.1. The molecular weight excluding hydrogens is 200 g/mol. The zero-order chi connectivity index (χ0) is 10.7. The van der Waals surface area contributed by atoms with Crippen LogP contribution in [0.1, 0.15) is 30.8 Å². The van der Waals surface area contributed by atoms with Crippen LogP contribution in [0.5, 0.6) is 0 Å². The van der Waals surface area contributed by atoms with Crippen molar-refractivity contribution < 1.29 is 8.78 Å². The molecular formula is C10H13F2N3. The molecule has 1 aliphatic heterocycles. The van der Waals surface area contributed by atoms with Crippen molar-refractivity contribution in [2.75, 3.05) is 0 Å². The number of hydrogen-bond acceptors (Lipinski definition) is 2. The molecule has 0 radical (unpaired) electrons. The summed E-state index contributed by atoms with van der Waals surface area (Å²) in [4.78, 5) is 4.24. The molecule has 2 aliphatic rings. The second-order valence-corrected chi connectivity index (χ2v) is 4.55. The van der Waals surface area contributed by atoms with Crippen LogP contribution in [0.3, 0.4) is 0 Å². The molecule has 0 saturated heterocycles. The fraction of sp³-hybridized carbons (Fsp3) is 0.700. The number of halogens is 2. The Labute approximate surface area is 86.3 Å². The maximum Gasteiger partial charge on any atom is 0.274 e. The third-order valence-corrected chi connectivity index (χ3v) is 3.39. The van der Waals surface area contributed by atoms with Crippen LogP contribution in [0.2, 0.25) is 0 Å². The maximum absolute atomic E-state index is 13.1. The topological polar surface area (TPSA) is 43.8 Å². The van der Waals surface area contributed by atoms with Crippen LogP contribution in [-0.4, -0.2) is 15.5 Å². The Balaban J connectivity index is 1.97. The minimum atomic E-state index is -2.77. The molecule has 0 amide bonds. The Morgan fingerprint density at radius 2 is 2.13 bits per heavy atom. The predicted octanol–water partition coefficient (Wildman–Crippen LogP) is 1.41. The van der Waals surface area contributed by atoms with E-state index in [-0.39, 0.29) is 6.42 Å². The molecule has 1 atom stereocenters. The largest absolute Gasteiger partial charge is 0.335 e. The van der Waals surface area contributed by atoms with E-state index < -0.39 is 11.5 Å². The van der Waals surface area contributed by atoms with Crippen molar-refractivity contribution in [3.63, 3.8) is 0 Å². The summed E-state index contributed by atoms with van der Waals surface area (Å²) in [5.74, 6) is -1.86. The van der Waals surface area contributed by atoms with Crippen LogP contribution < -0.4 is 5.73 Å². The van der Waals surface area contributed by atoms with E-state index in [9.17, 15) is 8.78 Å². The van der Waals surface area contributed by atoms with Gasteiger partial charge >= 0.3 is 0 Å². The van der Waals surface area contributed by atoms with Crippen LogP contribution in [0.4, 0.5) is 8.78 Å². The Hall–Kier alpha value is -0.970. The van der Waals surface area contributed by atoms with Gasteiger partial charge in [-0.25, -0.2) is 13.8 Å². The van der Waals surface area contributed by atoms with Crippen molar-refractivity contribution in [2.45, 2.75) is 43.7 Å². The highest BCUT2D eigenvalue weighted by atomic mass is 19.3. The number of fused-ring (bicyclic) bond motifs is 1. The Kier molecular flexibility index (Phi) is 1.60. The van der Waals surface area contributed by atoms with Crippen LogP contribution in [0.15, 0.2) is 6.20 Å². The van der Waals surface area contributed by atoms with Crippen LogP contribution in [0, 0.1) is 0 Å². The first kappa shape index (κ1) is 9.27. The molecule has 1 aromatic rings. The first-order valence-corrected chi connectivity index (χ1v) is 5.26. The Bertz CT molecular complexity index is 389. The second kappa shape index (κ2) is 2.58. The number of rotatable bonds is 1. The first-order chi connectivity index (χ1) is 7.03. The molecule has 2 N–H and O–H groups in total. The van der Waals surface area contributed by atoms with E-state index in [4.69, 9.17) is 5.73 Å². The molecule has 3 rings (SSSR count). The molecule has 0 spiro atoms. The summed E-state index contributed by atoms with van der Waals surface area (Å²) in [5.41, 5.74) is 4.51. The molecule has 1 unspecified atom stereocenters. The average Bonchev–Trinajstić information content (AvgIpc) is 2.61. The summed E-state index contributed by atoms with van der Waals surface area (Å²) >= 11 is 0. The van der Waals surface area contributed by atoms with E-state index in [0.29, 0.717) is 5.69 Å². The molecule has 1 aliphatic carbocycles. The molecule has 1 aromatic heterocycles. The molecule has 1 saturated carbocycles. The van der Waals surface area contributed by atoms with Crippen molar-refractivity contribution in [3.05, 3.63) is 17.7 Å². The summed E-state index contributed by atoms with van der Waals surface area (Å²) in [6.45, 7) is 0.879.